The fourth-order valence-corrected chi connectivity index (χ4v) is 1.79. The molecule has 2 aromatic rings. The van der Waals surface area contributed by atoms with Crippen LogP contribution in [0.4, 0.5) is 0 Å². The Kier molecular flexibility index (Phi) is 4.15. The molecule has 0 fully saturated rings. The number of furan rings is 1. The summed E-state index contributed by atoms with van der Waals surface area (Å²) in [6, 6.07) is 2.19. The molecule has 98 valence electrons. The molecule has 0 radical (unpaired) electrons. The number of rotatable bonds is 6. The van der Waals surface area contributed by atoms with Crippen molar-refractivity contribution in [2.75, 3.05) is 6.54 Å². The number of nitrogens with one attached hydrogen (secondary N) is 1. The van der Waals surface area contributed by atoms with E-state index in [0.29, 0.717) is 17.8 Å². The van der Waals surface area contributed by atoms with Crippen LogP contribution in [0.2, 0.25) is 0 Å². The average Bonchev–Trinajstić information content (AvgIpc) is 2.95. The summed E-state index contributed by atoms with van der Waals surface area (Å²) in [5.41, 5.74) is 0.888. The molecule has 5 heteroatoms. The fourth-order valence-electron chi connectivity index (χ4n) is 1.79. The third kappa shape index (κ3) is 2.98. The molecule has 1 N–H and O–H groups in total. The van der Waals surface area contributed by atoms with Crippen LogP contribution in [0, 0.1) is 6.92 Å². The normalized spacial score (nSPS) is 12.8. The quantitative estimate of drug-likeness (QED) is 0.852. The van der Waals surface area contributed by atoms with E-state index in [1.807, 2.05) is 13.0 Å². The highest BCUT2D eigenvalue weighted by molar-refractivity contribution is 5.56. The summed E-state index contributed by atoms with van der Waals surface area (Å²) in [4.78, 5) is 4.38. The van der Waals surface area contributed by atoms with Crippen molar-refractivity contribution in [1.29, 1.82) is 0 Å². The van der Waals surface area contributed by atoms with Crippen molar-refractivity contribution in [3.05, 3.63) is 24.0 Å². The lowest BCUT2D eigenvalue weighted by Crippen LogP contribution is -2.28. The number of nitrogens with zero attached hydrogens (tertiary/aromatic N) is 2. The first-order chi connectivity index (χ1) is 8.70. The van der Waals surface area contributed by atoms with Crippen LogP contribution < -0.4 is 5.32 Å². The molecule has 0 amide bonds. The lowest BCUT2D eigenvalue weighted by atomic mass is 10.2. The largest absolute Gasteiger partial charge is 0.469 e. The third-order valence-electron chi connectivity index (χ3n) is 2.79. The Morgan fingerprint density at radius 3 is 2.94 bits per heavy atom. The van der Waals surface area contributed by atoms with Crippen LogP contribution in [-0.2, 0) is 6.42 Å². The lowest BCUT2D eigenvalue weighted by Gasteiger charge is -2.09. The van der Waals surface area contributed by atoms with Gasteiger partial charge in [-0.25, -0.2) is 0 Å². The van der Waals surface area contributed by atoms with E-state index < -0.39 is 0 Å². The molecule has 0 spiro atoms. The Morgan fingerprint density at radius 2 is 2.28 bits per heavy atom. The molecule has 2 heterocycles. The monoisotopic (exact) mass is 249 g/mol. The highest BCUT2D eigenvalue weighted by Crippen LogP contribution is 2.21. The molecule has 18 heavy (non-hydrogen) atoms. The Labute approximate surface area is 107 Å². The van der Waals surface area contributed by atoms with Gasteiger partial charge in [0.1, 0.15) is 5.76 Å². The van der Waals surface area contributed by atoms with Crippen molar-refractivity contribution in [3.63, 3.8) is 0 Å². The van der Waals surface area contributed by atoms with Gasteiger partial charge < -0.3 is 14.3 Å². The predicted molar refractivity (Wildman–Crippen MR) is 68.2 cm³/mol. The van der Waals surface area contributed by atoms with Crippen LogP contribution in [0.15, 0.2) is 21.3 Å². The van der Waals surface area contributed by atoms with Crippen molar-refractivity contribution >= 4 is 0 Å². The predicted octanol–water partition coefficient (Wildman–Crippen LogP) is 2.57. The molecular weight excluding hydrogens is 230 g/mol. The van der Waals surface area contributed by atoms with Gasteiger partial charge in [0.15, 0.2) is 0 Å². The first kappa shape index (κ1) is 12.8. The summed E-state index contributed by atoms with van der Waals surface area (Å²) in [7, 11) is 0. The van der Waals surface area contributed by atoms with Crippen LogP contribution in [0.1, 0.15) is 31.9 Å². The second kappa shape index (κ2) is 5.82. The maximum absolute atomic E-state index is 5.25. The van der Waals surface area contributed by atoms with E-state index in [-0.39, 0.29) is 0 Å². The summed E-state index contributed by atoms with van der Waals surface area (Å²) in [5.74, 6) is 2.06. The maximum Gasteiger partial charge on any atom is 0.228 e. The molecule has 1 unspecified atom stereocenters. The van der Waals surface area contributed by atoms with Gasteiger partial charge in [-0.3, -0.25) is 0 Å². The van der Waals surface area contributed by atoms with Gasteiger partial charge in [0, 0.05) is 12.5 Å². The van der Waals surface area contributed by atoms with Gasteiger partial charge >= 0.3 is 0 Å². The summed E-state index contributed by atoms with van der Waals surface area (Å²) in [5, 5.41) is 7.37. The second-order valence-electron chi connectivity index (χ2n) is 4.46. The minimum absolute atomic E-state index is 0.337. The molecular formula is C13H19N3O2. The molecule has 0 aromatic carbocycles. The van der Waals surface area contributed by atoms with Gasteiger partial charge in [0.25, 0.3) is 0 Å². The van der Waals surface area contributed by atoms with Gasteiger partial charge in [0.2, 0.25) is 11.7 Å². The highest BCUT2D eigenvalue weighted by Gasteiger charge is 2.14. The Hall–Kier alpha value is -1.62. The van der Waals surface area contributed by atoms with E-state index in [4.69, 9.17) is 8.94 Å². The van der Waals surface area contributed by atoms with Crippen molar-refractivity contribution in [2.45, 2.75) is 39.7 Å². The van der Waals surface area contributed by atoms with Gasteiger partial charge in [0.05, 0.1) is 11.8 Å². The minimum Gasteiger partial charge on any atom is -0.469 e. The van der Waals surface area contributed by atoms with E-state index in [9.17, 15) is 0 Å². The summed E-state index contributed by atoms with van der Waals surface area (Å²) in [6.45, 7) is 7.15. The first-order valence-electron chi connectivity index (χ1n) is 6.31. The van der Waals surface area contributed by atoms with E-state index >= 15 is 0 Å². The number of hydrogen-bond acceptors (Lipinski definition) is 5. The van der Waals surface area contributed by atoms with Crippen molar-refractivity contribution < 1.29 is 8.94 Å². The molecule has 1 atom stereocenters. The zero-order chi connectivity index (χ0) is 13.0. The van der Waals surface area contributed by atoms with E-state index in [1.54, 1.807) is 6.26 Å². The fraction of sp³-hybridized carbons (Fsp3) is 0.538. The molecule has 0 aliphatic rings. The van der Waals surface area contributed by atoms with E-state index in [0.717, 1.165) is 30.7 Å². The minimum atomic E-state index is 0.337. The molecule has 0 aliphatic carbocycles. The maximum atomic E-state index is 5.25. The molecule has 0 saturated heterocycles. The van der Waals surface area contributed by atoms with Crippen LogP contribution in [0.5, 0.6) is 0 Å². The molecule has 5 nitrogen and oxygen atoms in total. The molecule has 0 aliphatic heterocycles. The summed E-state index contributed by atoms with van der Waals surface area (Å²) in [6.07, 6.45) is 3.49. The van der Waals surface area contributed by atoms with Gasteiger partial charge in [-0.15, -0.1) is 0 Å². The molecule has 2 rings (SSSR count). The van der Waals surface area contributed by atoms with E-state index in [2.05, 4.69) is 29.3 Å². The van der Waals surface area contributed by atoms with Crippen LogP contribution in [-0.4, -0.2) is 22.7 Å². The van der Waals surface area contributed by atoms with Gasteiger partial charge in [-0.1, -0.05) is 12.1 Å². The highest BCUT2D eigenvalue weighted by atomic mass is 16.5. The van der Waals surface area contributed by atoms with Gasteiger partial charge in [-0.2, -0.15) is 4.98 Å². The van der Waals surface area contributed by atoms with Crippen molar-refractivity contribution in [2.24, 2.45) is 0 Å². The SMILES string of the molecule is CCCNC(C)Cc1nc(-c2ccoc2C)no1. The average molecular weight is 249 g/mol. The molecule has 0 bridgehead atoms. The van der Waals surface area contributed by atoms with Crippen LogP contribution in [0.3, 0.4) is 0 Å². The topological polar surface area (TPSA) is 64.1 Å². The number of aryl methyl sites for hydroxylation is 1. The standard InChI is InChI=1S/C13H19N3O2/c1-4-6-14-9(2)8-12-15-13(16-18-12)11-5-7-17-10(11)3/h5,7,9,14H,4,6,8H2,1-3H3. The van der Waals surface area contributed by atoms with Crippen molar-refractivity contribution in [3.8, 4) is 11.4 Å². The number of hydrogen-bond donors (Lipinski definition) is 1. The molecule has 0 saturated carbocycles. The summed E-state index contributed by atoms with van der Waals surface area (Å²) < 4.78 is 10.5. The second-order valence-corrected chi connectivity index (χ2v) is 4.46. The first-order valence-corrected chi connectivity index (χ1v) is 6.31. The van der Waals surface area contributed by atoms with Crippen LogP contribution in [0.25, 0.3) is 11.4 Å². The third-order valence-corrected chi connectivity index (χ3v) is 2.79. The Balaban J connectivity index is 2.00. The Morgan fingerprint density at radius 1 is 1.44 bits per heavy atom. The molecule has 2 aromatic heterocycles. The zero-order valence-corrected chi connectivity index (χ0v) is 11.1. The number of aromatic nitrogens is 2. The van der Waals surface area contributed by atoms with E-state index in [1.165, 1.54) is 0 Å². The van der Waals surface area contributed by atoms with Crippen LogP contribution >= 0.6 is 0 Å². The van der Waals surface area contributed by atoms with Crippen molar-refractivity contribution in [1.82, 2.24) is 15.5 Å². The lowest BCUT2D eigenvalue weighted by molar-refractivity contribution is 0.362. The van der Waals surface area contributed by atoms with Gasteiger partial charge in [-0.05, 0) is 32.9 Å². The Bertz CT molecular complexity index is 490. The smallest absolute Gasteiger partial charge is 0.228 e. The summed E-state index contributed by atoms with van der Waals surface area (Å²) >= 11 is 0. The zero-order valence-electron chi connectivity index (χ0n) is 11.1.